The largest absolute Gasteiger partial charge is 0.313 e. The molecule has 2 aromatic carbocycles. The highest BCUT2D eigenvalue weighted by Gasteiger charge is 2.13. The summed E-state index contributed by atoms with van der Waals surface area (Å²) < 4.78 is 2.14. The SMILES string of the molecule is CNC(Cc1ccc(Br)cc1)c1ccc(Cl)cc1Br. The van der Waals surface area contributed by atoms with Crippen LogP contribution in [0.2, 0.25) is 5.02 Å². The molecule has 19 heavy (non-hydrogen) atoms. The molecule has 0 heterocycles. The minimum atomic E-state index is 0.257. The highest BCUT2D eigenvalue weighted by Crippen LogP contribution is 2.28. The maximum absolute atomic E-state index is 5.99. The van der Waals surface area contributed by atoms with E-state index in [-0.39, 0.29) is 6.04 Å². The summed E-state index contributed by atoms with van der Waals surface area (Å²) in [4.78, 5) is 0. The fourth-order valence-electron chi connectivity index (χ4n) is 2.01. The van der Waals surface area contributed by atoms with Gasteiger partial charge in [-0.2, -0.15) is 0 Å². The second-order valence-corrected chi connectivity index (χ2v) is 6.54. The van der Waals surface area contributed by atoms with Crippen molar-refractivity contribution >= 4 is 43.5 Å². The molecule has 1 atom stereocenters. The van der Waals surface area contributed by atoms with E-state index >= 15 is 0 Å². The van der Waals surface area contributed by atoms with Gasteiger partial charge in [-0.05, 0) is 48.9 Å². The first-order valence-electron chi connectivity index (χ1n) is 5.97. The molecule has 0 amide bonds. The van der Waals surface area contributed by atoms with Crippen LogP contribution in [0, 0.1) is 0 Å². The molecule has 0 saturated carbocycles. The highest BCUT2D eigenvalue weighted by atomic mass is 79.9. The van der Waals surface area contributed by atoms with Crippen molar-refractivity contribution in [2.45, 2.75) is 12.5 Å². The molecule has 0 fully saturated rings. The standard InChI is InChI=1S/C15H14Br2ClN/c1-19-15(8-10-2-4-11(16)5-3-10)13-7-6-12(18)9-14(13)17/h2-7,9,15,19H,8H2,1H3. The molecule has 4 heteroatoms. The van der Waals surface area contributed by atoms with E-state index in [1.54, 1.807) is 0 Å². The lowest BCUT2D eigenvalue weighted by Crippen LogP contribution is -2.19. The van der Waals surface area contributed by atoms with Crippen molar-refractivity contribution in [1.29, 1.82) is 0 Å². The zero-order valence-corrected chi connectivity index (χ0v) is 14.4. The molecule has 0 aliphatic rings. The van der Waals surface area contributed by atoms with Gasteiger partial charge < -0.3 is 5.32 Å². The maximum atomic E-state index is 5.99. The van der Waals surface area contributed by atoms with Gasteiger partial charge in [-0.3, -0.25) is 0 Å². The molecule has 1 nitrogen and oxygen atoms in total. The van der Waals surface area contributed by atoms with Crippen molar-refractivity contribution in [2.24, 2.45) is 0 Å². The number of hydrogen-bond acceptors (Lipinski definition) is 1. The summed E-state index contributed by atoms with van der Waals surface area (Å²) in [5.41, 5.74) is 2.51. The quantitative estimate of drug-likeness (QED) is 0.724. The van der Waals surface area contributed by atoms with Crippen molar-refractivity contribution in [3.05, 3.63) is 67.6 Å². The van der Waals surface area contributed by atoms with E-state index in [9.17, 15) is 0 Å². The average molecular weight is 404 g/mol. The molecule has 0 spiro atoms. The average Bonchev–Trinajstić information content (AvgIpc) is 2.39. The van der Waals surface area contributed by atoms with Gasteiger partial charge in [0.1, 0.15) is 0 Å². The third-order valence-electron chi connectivity index (χ3n) is 3.04. The van der Waals surface area contributed by atoms with Crippen LogP contribution in [0.4, 0.5) is 0 Å². The van der Waals surface area contributed by atoms with E-state index < -0.39 is 0 Å². The predicted molar refractivity (Wildman–Crippen MR) is 88.8 cm³/mol. The lowest BCUT2D eigenvalue weighted by molar-refractivity contribution is 0.590. The third kappa shape index (κ3) is 4.06. The van der Waals surface area contributed by atoms with E-state index in [1.807, 2.05) is 19.2 Å². The van der Waals surface area contributed by atoms with Crippen LogP contribution in [0.3, 0.4) is 0 Å². The second kappa shape index (κ2) is 6.89. The fraction of sp³-hybridized carbons (Fsp3) is 0.200. The van der Waals surface area contributed by atoms with E-state index in [1.165, 1.54) is 11.1 Å². The fourth-order valence-corrected chi connectivity index (χ4v) is 3.23. The van der Waals surface area contributed by atoms with Gasteiger partial charge in [0, 0.05) is 20.0 Å². The van der Waals surface area contributed by atoms with Gasteiger partial charge in [-0.15, -0.1) is 0 Å². The van der Waals surface area contributed by atoms with Gasteiger partial charge in [-0.1, -0.05) is 61.7 Å². The summed E-state index contributed by atoms with van der Waals surface area (Å²) in [7, 11) is 1.98. The molecular weight excluding hydrogens is 389 g/mol. The van der Waals surface area contributed by atoms with Gasteiger partial charge in [0.15, 0.2) is 0 Å². The van der Waals surface area contributed by atoms with Crippen LogP contribution in [-0.4, -0.2) is 7.05 Å². The van der Waals surface area contributed by atoms with Crippen LogP contribution >= 0.6 is 43.5 Å². The summed E-state index contributed by atoms with van der Waals surface area (Å²) in [6.07, 6.45) is 0.935. The zero-order valence-electron chi connectivity index (χ0n) is 10.5. The molecule has 0 bridgehead atoms. The molecule has 2 aromatic rings. The zero-order chi connectivity index (χ0) is 13.8. The van der Waals surface area contributed by atoms with Crippen LogP contribution in [-0.2, 0) is 6.42 Å². The third-order valence-corrected chi connectivity index (χ3v) is 4.49. The van der Waals surface area contributed by atoms with Crippen LogP contribution < -0.4 is 5.32 Å². The van der Waals surface area contributed by atoms with Gasteiger partial charge >= 0.3 is 0 Å². The van der Waals surface area contributed by atoms with Crippen LogP contribution in [0.25, 0.3) is 0 Å². The number of rotatable bonds is 4. The second-order valence-electron chi connectivity index (χ2n) is 4.34. The van der Waals surface area contributed by atoms with Crippen molar-refractivity contribution in [3.63, 3.8) is 0 Å². The molecule has 1 N–H and O–H groups in total. The topological polar surface area (TPSA) is 12.0 Å². The summed E-state index contributed by atoms with van der Waals surface area (Å²) >= 11 is 13.0. The van der Waals surface area contributed by atoms with Crippen molar-refractivity contribution in [1.82, 2.24) is 5.32 Å². The normalized spacial score (nSPS) is 12.4. The Morgan fingerprint density at radius 1 is 1.11 bits per heavy atom. The van der Waals surface area contributed by atoms with Crippen molar-refractivity contribution in [2.75, 3.05) is 7.05 Å². The summed E-state index contributed by atoms with van der Waals surface area (Å²) in [6.45, 7) is 0. The van der Waals surface area contributed by atoms with Gasteiger partial charge in [-0.25, -0.2) is 0 Å². The van der Waals surface area contributed by atoms with Gasteiger partial charge in [0.2, 0.25) is 0 Å². The summed E-state index contributed by atoms with van der Waals surface area (Å²) in [5, 5.41) is 4.10. The van der Waals surface area contributed by atoms with Crippen LogP contribution in [0.15, 0.2) is 51.4 Å². The molecule has 2 rings (SSSR count). The Kier molecular flexibility index (Phi) is 5.46. The molecule has 0 saturated heterocycles. The Balaban J connectivity index is 2.22. The minimum absolute atomic E-state index is 0.257. The molecule has 0 aromatic heterocycles. The summed E-state index contributed by atoms with van der Waals surface area (Å²) in [5.74, 6) is 0. The first-order valence-corrected chi connectivity index (χ1v) is 7.93. The Bertz CT molecular complexity index is 555. The van der Waals surface area contributed by atoms with Crippen molar-refractivity contribution in [3.8, 4) is 0 Å². The Morgan fingerprint density at radius 2 is 1.79 bits per heavy atom. The van der Waals surface area contributed by atoms with E-state index in [0.717, 1.165) is 20.4 Å². The minimum Gasteiger partial charge on any atom is -0.313 e. The molecule has 0 radical (unpaired) electrons. The molecule has 1 unspecified atom stereocenters. The first-order chi connectivity index (χ1) is 9.10. The highest BCUT2D eigenvalue weighted by molar-refractivity contribution is 9.10. The molecule has 0 aliphatic heterocycles. The lowest BCUT2D eigenvalue weighted by Gasteiger charge is -2.18. The molecular formula is C15H14Br2ClN. The predicted octanol–water partition coefficient (Wildman–Crippen LogP) is 5.37. The summed E-state index contributed by atoms with van der Waals surface area (Å²) in [6, 6.07) is 14.6. The Hall–Kier alpha value is -0.350. The van der Waals surface area contributed by atoms with E-state index in [2.05, 4.69) is 67.5 Å². The van der Waals surface area contributed by atoms with Crippen LogP contribution in [0.5, 0.6) is 0 Å². The number of likely N-dealkylation sites (N-methyl/N-ethyl adjacent to an activating group) is 1. The van der Waals surface area contributed by atoms with E-state index in [4.69, 9.17) is 11.6 Å². The van der Waals surface area contributed by atoms with Crippen molar-refractivity contribution < 1.29 is 0 Å². The number of nitrogens with one attached hydrogen (secondary N) is 1. The Morgan fingerprint density at radius 3 is 2.37 bits per heavy atom. The number of hydrogen-bond donors (Lipinski definition) is 1. The smallest absolute Gasteiger partial charge is 0.0417 e. The number of benzene rings is 2. The Labute approximate surface area is 135 Å². The maximum Gasteiger partial charge on any atom is 0.0417 e. The molecule has 0 aliphatic carbocycles. The van der Waals surface area contributed by atoms with E-state index in [0.29, 0.717) is 0 Å². The monoisotopic (exact) mass is 401 g/mol. The van der Waals surface area contributed by atoms with Crippen LogP contribution in [0.1, 0.15) is 17.2 Å². The lowest BCUT2D eigenvalue weighted by atomic mass is 9.99. The van der Waals surface area contributed by atoms with Gasteiger partial charge in [0.25, 0.3) is 0 Å². The first kappa shape index (κ1) is 15.0. The molecule has 100 valence electrons. The van der Waals surface area contributed by atoms with Gasteiger partial charge in [0.05, 0.1) is 0 Å². The number of halogens is 3.